The van der Waals surface area contributed by atoms with Gasteiger partial charge in [-0.05, 0) is 12.8 Å². The Morgan fingerprint density at radius 2 is 1.93 bits per heavy atom. The van der Waals surface area contributed by atoms with Gasteiger partial charge in [-0.2, -0.15) is 0 Å². The highest BCUT2D eigenvalue weighted by atomic mass is 16.4. The van der Waals surface area contributed by atoms with Crippen LogP contribution in [0, 0.1) is 0 Å². The molecule has 5 heteroatoms. The smallest absolute Gasteiger partial charge is 0.323 e. The van der Waals surface area contributed by atoms with Crippen molar-refractivity contribution >= 4 is 12.0 Å². The lowest BCUT2D eigenvalue weighted by atomic mass is 10.4. The number of rotatable bonds is 6. The molecule has 0 aliphatic rings. The number of carbonyl (C=O) groups is 2. The van der Waals surface area contributed by atoms with Gasteiger partial charge in [-0.1, -0.05) is 13.8 Å². The van der Waals surface area contributed by atoms with Gasteiger partial charge in [-0.15, -0.1) is 0 Å². The average Bonchev–Trinajstić information content (AvgIpc) is 2.13. The van der Waals surface area contributed by atoms with E-state index in [4.69, 9.17) is 5.11 Å². The van der Waals surface area contributed by atoms with Crippen LogP contribution in [0.15, 0.2) is 0 Å². The lowest BCUT2D eigenvalue weighted by molar-refractivity contribution is -0.137. The summed E-state index contributed by atoms with van der Waals surface area (Å²) in [6.45, 7) is 4.67. The van der Waals surface area contributed by atoms with Crippen LogP contribution in [0.5, 0.6) is 0 Å². The molecule has 14 heavy (non-hydrogen) atoms. The second-order valence-corrected chi connectivity index (χ2v) is 3.05. The van der Waals surface area contributed by atoms with Crippen LogP contribution in [-0.2, 0) is 4.79 Å². The predicted molar refractivity (Wildman–Crippen MR) is 53.2 cm³/mol. The molecule has 0 fully saturated rings. The number of aliphatic carboxylic acids is 1. The van der Waals surface area contributed by atoms with Crippen molar-refractivity contribution in [3.8, 4) is 0 Å². The highest BCUT2D eigenvalue weighted by molar-refractivity contribution is 5.79. The Labute approximate surface area is 84.1 Å². The molecule has 0 unspecified atom stereocenters. The maximum atomic E-state index is 11.4. The maximum Gasteiger partial charge on any atom is 0.323 e. The zero-order valence-electron chi connectivity index (χ0n) is 8.75. The summed E-state index contributed by atoms with van der Waals surface area (Å²) in [6, 6.07) is -0.295. The second-order valence-electron chi connectivity index (χ2n) is 3.05. The number of carboxylic acids is 1. The summed E-state index contributed by atoms with van der Waals surface area (Å²) in [5.41, 5.74) is 0. The molecule has 82 valence electrons. The number of urea groups is 1. The number of carboxylic acid groups (broad SMARTS) is 1. The Morgan fingerprint density at radius 1 is 1.29 bits per heavy atom. The predicted octanol–water partition coefficient (Wildman–Crippen LogP) is 0.903. The molecule has 0 spiro atoms. The van der Waals surface area contributed by atoms with E-state index in [-0.39, 0.29) is 12.6 Å². The molecule has 0 radical (unpaired) electrons. The molecule has 0 bridgehead atoms. The standard InChI is InChI=1S/C9H18N2O3/c1-3-5-10-9(14)11(6-4-2)7-8(12)13/h3-7H2,1-2H3,(H,10,14)(H,12,13). The molecule has 0 saturated heterocycles. The number of hydrogen-bond acceptors (Lipinski definition) is 2. The number of nitrogens with zero attached hydrogens (tertiary/aromatic N) is 1. The van der Waals surface area contributed by atoms with Gasteiger partial charge < -0.3 is 15.3 Å². The molecule has 0 rings (SSSR count). The molecule has 0 aliphatic heterocycles. The van der Waals surface area contributed by atoms with Crippen LogP contribution in [0.2, 0.25) is 0 Å². The van der Waals surface area contributed by atoms with Crippen molar-refractivity contribution in [2.45, 2.75) is 26.7 Å². The van der Waals surface area contributed by atoms with Crippen LogP contribution in [0.25, 0.3) is 0 Å². The number of carbonyl (C=O) groups excluding carboxylic acids is 1. The molecular formula is C9H18N2O3. The Hall–Kier alpha value is -1.26. The number of nitrogens with one attached hydrogen (secondary N) is 1. The molecule has 2 amide bonds. The van der Waals surface area contributed by atoms with E-state index in [0.717, 1.165) is 12.8 Å². The summed E-state index contributed by atoms with van der Waals surface area (Å²) >= 11 is 0. The van der Waals surface area contributed by atoms with E-state index in [0.29, 0.717) is 13.1 Å². The summed E-state index contributed by atoms with van der Waals surface area (Å²) in [5.74, 6) is -0.981. The van der Waals surface area contributed by atoms with E-state index in [1.807, 2.05) is 13.8 Å². The molecular weight excluding hydrogens is 184 g/mol. The van der Waals surface area contributed by atoms with E-state index in [1.165, 1.54) is 4.90 Å². The first kappa shape index (κ1) is 12.7. The fraction of sp³-hybridized carbons (Fsp3) is 0.778. The van der Waals surface area contributed by atoms with Gasteiger partial charge in [0, 0.05) is 13.1 Å². The first-order valence-electron chi connectivity index (χ1n) is 4.86. The molecule has 0 heterocycles. The summed E-state index contributed by atoms with van der Waals surface area (Å²) in [5, 5.41) is 11.2. The summed E-state index contributed by atoms with van der Waals surface area (Å²) in [4.78, 5) is 23.1. The van der Waals surface area contributed by atoms with Gasteiger partial charge in [-0.3, -0.25) is 4.79 Å². The van der Waals surface area contributed by atoms with Crippen LogP contribution in [0.4, 0.5) is 4.79 Å². The highest BCUT2D eigenvalue weighted by Crippen LogP contribution is 1.92. The van der Waals surface area contributed by atoms with Gasteiger partial charge >= 0.3 is 12.0 Å². The molecule has 2 N–H and O–H groups in total. The highest BCUT2D eigenvalue weighted by Gasteiger charge is 2.14. The topological polar surface area (TPSA) is 69.6 Å². The van der Waals surface area contributed by atoms with Crippen molar-refractivity contribution in [3.05, 3.63) is 0 Å². The van der Waals surface area contributed by atoms with Crippen molar-refractivity contribution in [3.63, 3.8) is 0 Å². The normalized spacial score (nSPS) is 9.57. The summed E-state index contributed by atoms with van der Waals surface area (Å²) < 4.78 is 0. The van der Waals surface area contributed by atoms with Crippen LogP contribution < -0.4 is 5.32 Å². The van der Waals surface area contributed by atoms with Crippen LogP contribution in [0.3, 0.4) is 0 Å². The maximum absolute atomic E-state index is 11.4. The molecule has 0 aliphatic carbocycles. The third-order valence-electron chi connectivity index (χ3n) is 1.63. The molecule has 0 aromatic carbocycles. The lowest BCUT2D eigenvalue weighted by Gasteiger charge is -2.20. The van der Waals surface area contributed by atoms with E-state index >= 15 is 0 Å². The Kier molecular flexibility index (Phi) is 6.53. The molecule has 0 aromatic heterocycles. The fourth-order valence-electron chi connectivity index (χ4n) is 1.03. The second kappa shape index (κ2) is 7.17. The average molecular weight is 202 g/mol. The van der Waals surface area contributed by atoms with Crippen LogP contribution in [0.1, 0.15) is 26.7 Å². The minimum absolute atomic E-state index is 0.233. The lowest BCUT2D eigenvalue weighted by Crippen LogP contribution is -2.43. The molecule has 0 atom stereocenters. The van der Waals surface area contributed by atoms with Crippen molar-refractivity contribution < 1.29 is 14.7 Å². The van der Waals surface area contributed by atoms with E-state index in [2.05, 4.69) is 5.32 Å². The van der Waals surface area contributed by atoms with Crippen LogP contribution in [-0.4, -0.2) is 41.6 Å². The van der Waals surface area contributed by atoms with Crippen molar-refractivity contribution in [2.24, 2.45) is 0 Å². The third-order valence-corrected chi connectivity index (χ3v) is 1.63. The van der Waals surface area contributed by atoms with Gasteiger partial charge in [0.1, 0.15) is 6.54 Å². The third kappa shape index (κ3) is 5.40. The van der Waals surface area contributed by atoms with Gasteiger partial charge in [0.2, 0.25) is 0 Å². The molecule has 5 nitrogen and oxygen atoms in total. The van der Waals surface area contributed by atoms with Crippen LogP contribution >= 0.6 is 0 Å². The largest absolute Gasteiger partial charge is 0.480 e. The van der Waals surface area contributed by atoms with E-state index in [1.54, 1.807) is 0 Å². The zero-order valence-corrected chi connectivity index (χ0v) is 8.75. The van der Waals surface area contributed by atoms with Crippen molar-refractivity contribution in [1.82, 2.24) is 10.2 Å². The molecule has 0 saturated carbocycles. The van der Waals surface area contributed by atoms with Crippen molar-refractivity contribution in [1.29, 1.82) is 0 Å². The Bertz CT molecular complexity index is 194. The van der Waals surface area contributed by atoms with Gasteiger partial charge in [0.25, 0.3) is 0 Å². The van der Waals surface area contributed by atoms with E-state index < -0.39 is 5.97 Å². The van der Waals surface area contributed by atoms with Gasteiger partial charge in [0.05, 0.1) is 0 Å². The first-order chi connectivity index (χ1) is 6.61. The summed E-state index contributed by atoms with van der Waals surface area (Å²) in [7, 11) is 0. The Morgan fingerprint density at radius 3 is 2.36 bits per heavy atom. The first-order valence-corrected chi connectivity index (χ1v) is 4.86. The zero-order chi connectivity index (χ0) is 11.0. The van der Waals surface area contributed by atoms with Gasteiger partial charge in [-0.25, -0.2) is 4.79 Å². The van der Waals surface area contributed by atoms with E-state index in [9.17, 15) is 9.59 Å². The summed E-state index contributed by atoms with van der Waals surface area (Å²) in [6.07, 6.45) is 1.60. The number of amides is 2. The SMILES string of the molecule is CCCNC(=O)N(CCC)CC(=O)O. The molecule has 0 aromatic rings. The number of hydrogen-bond donors (Lipinski definition) is 2. The minimum Gasteiger partial charge on any atom is -0.480 e. The Balaban J connectivity index is 4.03. The minimum atomic E-state index is -0.981. The fourth-order valence-corrected chi connectivity index (χ4v) is 1.03. The monoisotopic (exact) mass is 202 g/mol. The van der Waals surface area contributed by atoms with Gasteiger partial charge in [0.15, 0.2) is 0 Å². The van der Waals surface area contributed by atoms with Crippen molar-refractivity contribution in [2.75, 3.05) is 19.6 Å². The quantitative estimate of drug-likeness (QED) is 0.672.